The summed E-state index contributed by atoms with van der Waals surface area (Å²) in [5, 5.41) is 4.52. The predicted octanol–water partition coefficient (Wildman–Crippen LogP) is 4.33. The molecule has 0 unspecified atom stereocenters. The number of rotatable bonds is 2. The molecule has 2 aromatic rings. The van der Waals surface area contributed by atoms with Crippen LogP contribution in [0.25, 0.3) is 10.9 Å². The molecule has 3 rings (SSSR count). The highest BCUT2D eigenvalue weighted by molar-refractivity contribution is 6.31. The van der Waals surface area contributed by atoms with Crippen molar-refractivity contribution in [3.8, 4) is 0 Å². The number of hydrogen-bond acceptors (Lipinski definition) is 4. The molecule has 6 nitrogen and oxygen atoms in total. The van der Waals surface area contributed by atoms with E-state index in [-0.39, 0.29) is 18.0 Å². The van der Waals surface area contributed by atoms with Crippen LogP contribution in [0.5, 0.6) is 0 Å². The number of hydrogen-bond donors (Lipinski definition) is 1. The number of pyridine rings is 1. The lowest BCUT2D eigenvalue weighted by Gasteiger charge is -2.33. The summed E-state index contributed by atoms with van der Waals surface area (Å²) in [5.41, 5.74) is 1.53. The van der Waals surface area contributed by atoms with Gasteiger partial charge in [-0.3, -0.25) is 9.78 Å². The molecule has 1 N–H and O–H groups in total. The van der Waals surface area contributed by atoms with Crippen molar-refractivity contribution >= 4 is 34.5 Å². The molecular formula is C21H26ClN3O3. The summed E-state index contributed by atoms with van der Waals surface area (Å²) in [4.78, 5) is 31.1. The van der Waals surface area contributed by atoms with E-state index in [1.165, 1.54) is 0 Å². The van der Waals surface area contributed by atoms with Crippen LogP contribution in [0.1, 0.15) is 49.7 Å². The number of halogens is 1. The van der Waals surface area contributed by atoms with Crippen LogP contribution in [0, 0.1) is 6.92 Å². The van der Waals surface area contributed by atoms with E-state index in [0.717, 1.165) is 10.9 Å². The summed E-state index contributed by atoms with van der Waals surface area (Å²) in [6.45, 7) is 8.50. The molecule has 1 aromatic carbocycles. The Balaban J connectivity index is 1.62. The van der Waals surface area contributed by atoms with Crippen LogP contribution >= 0.6 is 11.6 Å². The Kier molecular flexibility index (Phi) is 5.79. The fraction of sp³-hybridized carbons (Fsp3) is 0.476. The predicted molar refractivity (Wildman–Crippen MR) is 110 cm³/mol. The smallest absolute Gasteiger partial charge is 0.410 e. The van der Waals surface area contributed by atoms with Gasteiger partial charge in [0.05, 0.1) is 16.8 Å². The minimum absolute atomic E-state index is 0.0145. The molecule has 7 heteroatoms. The number of aryl methyl sites for hydroxylation is 1. The maximum Gasteiger partial charge on any atom is 0.410 e. The lowest BCUT2D eigenvalue weighted by molar-refractivity contribution is 0.0199. The highest BCUT2D eigenvalue weighted by Gasteiger charge is 2.28. The van der Waals surface area contributed by atoms with Crippen molar-refractivity contribution < 1.29 is 14.3 Å². The van der Waals surface area contributed by atoms with Gasteiger partial charge in [-0.1, -0.05) is 11.6 Å². The van der Waals surface area contributed by atoms with Crippen molar-refractivity contribution in [2.24, 2.45) is 0 Å². The molecule has 0 spiro atoms. The van der Waals surface area contributed by atoms with E-state index in [0.29, 0.717) is 42.2 Å². The lowest BCUT2D eigenvalue weighted by Crippen LogP contribution is -2.47. The van der Waals surface area contributed by atoms with Crippen molar-refractivity contribution in [1.82, 2.24) is 15.2 Å². The van der Waals surface area contributed by atoms with Crippen molar-refractivity contribution in [1.29, 1.82) is 0 Å². The Hall–Kier alpha value is -2.34. The number of benzene rings is 1. The number of nitrogens with zero attached hydrogens (tertiary/aromatic N) is 2. The van der Waals surface area contributed by atoms with E-state index < -0.39 is 5.60 Å². The molecule has 1 saturated heterocycles. The number of carbonyl (C=O) groups excluding carboxylic acids is 2. The molecule has 0 radical (unpaired) electrons. The van der Waals surface area contributed by atoms with Gasteiger partial charge in [-0.05, 0) is 64.8 Å². The van der Waals surface area contributed by atoms with Gasteiger partial charge in [-0.15, -0.1) is 0 Å². The molecule has 1 aliphatic rings. The first-order valence-electron chi connectivity index (χ1n) is 9.48. The van der Waals surface area contributed by atoms with E-state index in [2.05, 4.69) is 10.3 Å². The van der Waals surface area contributed by atoms with Gasteiger partial charge in [-0.2, -0.15) is 0 Å². The highest BCUT2D eigenvalue weighted by atomic mass is 35.5. The van der Waals surface area contributed by atoms with Crippen molar-refractivity contribution in [2.75, 3.05) is 13.1 Å². The molecule has 28 heavy (non-hydrogen) atoms. The van der Waals surface area contributed by atoms with E-state index in [4.69, 9.17) is 16.3 Å². The molecule has 1 fully saturated rings. The molecule has 2 heterocycles. The van der Waals surface area contributed by atoms with Crippen LogP contribution in [0.4, 0.5) is 4.79 Å². The zero-order chi connectivity index (χ0) is 20.5. The summed E-state index contributed by atoms with van der Waals surface area (Å²) in [6.07, 6.45) is 1.08. The van der Waals surface area contributed by atoms with Crippen LogP contribution in [0.2, 0.25) is 5.02 Å². The third-order valence-corrected chi connectivity index (χ3v) is 4.93. The minimum Gasteiger partial charge on any atom is -0.444 e. The van der Waals surface area contributed by atoms with Gasteiger partial charge in [0.2, 0.25) is 0 Å². The van der Waals surface area contributed by atoms with Crippen LogP contribution in [0.15, 0.2) is 24.3 Å². The Morgan fingerprint density at radius 3 is 2.54 bits per heavy atom. The summed E-state index contributed by atoms with van der Waals surface area (Å²) >= 11 is 6.05. The molecule has 1 aromatic heterocycles. The highest BCUT2D eigenvalue weighted by Crippen LogP contribution is 2.21. The number of carbonyl (C=O) groups is 2. The average Bonchev–Trinajstić information content (AvgIpc) is 2.60. The fourth-order valence-corrected chi connectivity index (χ4v) is 3.45. The number of amides is 2. The minimum atomic E-state index is -0.508. The fourth-order valence-electron chi connectivity index (χ4n) is 3.27. The number of aromatic nitrogens is 1. The maximum absolute atomic E-state index is 12.8. The molecule has 0 bridgehead atoms. The van der Waals surface area contributed by atoms with Gasteiger partial charge in [-0.25, -0.2) is 4.79 Å². The Bertz CT molecular complexity index is 900. The lowest BCUT2D eigenvalue weighted by atomic mass is 10.0. The number of fused-ring (bicyclic) bond motifs is 1. The van der Waals surface area contributed by atoms with Crippen LogP contribution in [-0.4, -0.2) is 46.6 Å². The first-order valence-corrected chi connectivity index (χ1v) is 9.86. The van der Waals surface area contributed by atoms with Gasteiger partial charge in [0, 0.05) is 29.5 Å². The molecular weight excluding hydrogens is 378 g/mol. The zero-order valence-electron chi connectivity index (χ0n) is 16.7. The van der Waals surface area contributed by atoms with E-state index in [1.807, 2.05) is 39.8 Å². The van der Waals surface area contributed by atoms with Gasteiger partial charge >= 0.3 is 6.09 Å². The van der Waals surface area contributed by atoms with Gasteiger partial charge in [0.25, 0.3) is 5.91 Å². The molecule has 0 aliphatic carbocycles. The van der Waals surface area contributed by atoms with E-state index in [9.17, 15) is 9.59 Å². The first-order chi connectivity index (χ1) is 13.1. The number of nitrogens with one attached hydrogen (secondary N) is 1. The Labute approximate surface area is 170 Å². The summed E-state index contributed by atoms with van der Waals surface area (Å²) in [5.74, 6) is -0.150. The second-order valence-corrected chi connectivity index (χ2v) is 8.61. The molecule has 0 saturated carbocycles. The zero-order valence-corrected chi connectivity index (χ0v) is 17.5. The second-order valence-electron chi connectivity index (χ2n) is 8.17. The second kappa shape index (κ2) is 7.95. The Morgan fingerprint density at radius 1 is 1.21 bits per heavy atom. The van der Waals surface area contributed by atoms with E-state index in [1.54, 1.807) is 17.0 Å². The number of ether oxygens (including phenoxy) is 1. The van der Waals surface area contributed by atoms with Crippen LogP contribution < -0.4 is 5.32 Å². The van der Waals surface area contributed by atoms with Crippen LogP contribution in [-0.2, 0) is 4.74 Å². The maximum atomic E-state index is 12.8. The third-order valence-electron chi connectivity index (χ3n) is 4.69. The van der Waals surface area contributed by atoms with Crippen molar-refractivity contribution in [3.05, 3.63) is 40.5 Å². The largest absolute Gasteiger partial charge is 0.444 e. The van der Waals surface area contributed by atoms with Gasteiger partial charge < -0.3 is 15.0 Å². The summed E-state index contributed by atoms with van der Waals surface area (Å²) < 4.78 is 5.41. The molecule has 2 amide bonds. The average molecular weight is 404 g/mol. The Morgan fingerprint density at radius 2 is 1.89 bits per heavy atom. The van der Waals surface area contributed by atoms with Crippen molar-refractivity contribution in [2.45, 2.75) is 52.2 Å². The molecule has 0 atom stereocenters. The van der Waals surface area contributed by atoms with Crippen LogP contribution in [0.3, 0.4) is 0 Å². The SMILES string of the molecule is Cc1nc2ccc(Cl)cc2cc1C(=O)NC1CCN(C(=O)OC(C)(C)C)CC1. The van der Waals surface area contributed by atoms with Gasteiger partial charge in [0.15, 0.2) is 0 Å². The standard InChI is InChI=1S/C21H26ClN3O3/c1-13-17(12-14-11-15(22)5-6-18(14)23-13)19(26)24-16-7-9-25(10-8-16)20(27)28-21(2,3)4/h5-6,11-12,16H,7-10H2,1-4H3,(H,24,26). The monoisotopic (exact) mass is 403 g/mol. The summed E-state index contributed by atoms with van der Waals surface area (Å²) in [7, 11) is 0. The topological polar surface area (TPSA) is 71.5 Å². The first kappa shape index (κ1) is 20.4. The number of likely N-dealkylation sites (tertiary alicyclic amines) is 1. The van der Waals surface area contributed by atoms with Gasteiger partial charge in [0.1, 0.15) is 5.60 Å². The molecule has 150 valence electrons. The summed E-state index contributed by atoms with van der Waals surface area (Å²) in [6, 6.07) is 7.28. The van der Waals surface area contributed by atoms with Crippen molar-refractivity contribution in [3.63, 3.8) is 0 Å². The third kappa shape index (κ3) is 4.93. The normalized spacial score (nSPS) is 15.5. The molecule has 1 aliphatic heterocycles. The quantitative estimate of drug-likeness (QED) is 0.810. The number of piperidine rings is 1. The van der Waals surface area contributed by atoms with E-state index >= 15 is 0 Å².